The summed E-state index contributed by atoms with van der Waals surface area (Å²) in [6.07, 6.45) is 1.37. The van der Waals surface area contributed by atoms with E-state index in [1.54, 1.807) is 42.5 Å². The largest absolute Gasteiger partial charge is 0.484 e. The predicted octanol–water partition coefficient (Wildman–Crippen LogP) is 2.44. The van der Waals surface area contributed by atoms with E-state index in [1.165, 1.54) is 6.21 Å². The molecule has 0 bridgehead atoms. The van der Waals surface area contributed by atoms with Gasteiger partial charge in [0.1, 0.15) is 11.5 Å². The van der Waals surface area contributed by atoms with Crippen molar-refractivity contribution < 1.29 is 24.2 Å². The zero-order valence-electron chi connectivity index (χ0n) is 13.0. The van der Waals surface area contributed by atoms with Crippen molar-refractivity contribution in [2.75, 3.05) is 13.2 Å². The zero-order valence-corrected chi connectivity index (χ0v) is 14.6. The summed E-state index contributed by atoms with van der Waals surface area (Å²) in [5.74, 6) is -0.598. The van der Waals surface area contributed by atoms with Gasteiger partial charge in [0.15, 0.2) is 13.2 Å². The molecular formula is C17H15BrN2O5. The van der Waals surface area contributed by atoms with Crippen molar-refractivity contribution in [2.24, 2.45) is 5.10 Å². The topological polar surface area (TPSA) is 97.2 Å². The van der Waals surface area contributed by atoms with Crippen LogP contribution in [0, 0.1) is 0 Å². The van der Waals surface area contributed by atoms with E-state index in [0.717, 1.165) is 4.47 Å². The highest BCUT2D eigenvalue weighted by atomic mass is 79.9. The lowest BCUT2D eigenvalue weighted by Crippen LogP contribution is -2.24. The Hall–Kier alpha value is -2.87. The number of aliphatic carboxylic acids is 1. The number of benzene rings is 2. The zero-order chi connectivity index (χ0) is 18.1. The van der Waals surface area contributed by atoms with E-state index >= 15 is 0 Å². The number of para-hydroxylation sites is 1. The number of hydrogen-bond donors (Lipinski definition) is 2. The number of halogens is 1. The molecule has 0 spiro atoms. The van der Waals surface area contributed by atoms with Crippen molar-refractivity contribution >= 4 is 34.0 Å². The van der Waals surface area contributed by atoms with Gasteiger partial charge in [0.2, 0.25) is 0 Å². The third-order valence-electron chi connectivity index (χ3n) is 2.83. The third kappa shape index (κ3) is 6.64. The second-order valence-electron chi connectivity index (χ2n) is 4.76. The summed E-state index contributed by atoms with van der Waals surface area (Å²) in [4.78, 5) is 22.3. The van der Waals surface area contributed by atoms with Crippen LogP contribution in [-0.4, -0.2) is 36.4 Å². The summed E-state index contributed by atoms with van der Waals surface area (Å²) in [5, 5.41) is 12.5. The van der Waals surface area contributed by atoms with Crippen LogP contribution in [0.25, 0.3) is 0 Å². The Morgan fingerprint density at radius 3 is 2.68 bits per heavy atom. The maximum absolute atomic E-state index is 11.7. The number of nitrogens with zero attached hydrogens (tertiary/aromatic N) is 1. The van der Waals surface area contributed by atoms with Crippen LogP contribution < -0.4 is 14.9 Å². The molecule has 7 nitrogen and oxygen atoms in total. The highest BCUT2D eigenvalue weighted by molar-refractivity contribution is 9.10. The molecule has 0 aliphatic rings. The third-order valence-corrected chi connectivity index (χ3v) is 3.32. The Morgan fingerprint density at radius 1 is 1.12 bits per heavy atom. The first kappa shape index (κ1) is 18.5. The van der Waals surface area contributed by atoms with Gasteiger partial charge in [0.25, 0.3) is 5.91 Å². The standard InChI is InChI=1S/C17H15BrN2O5/c18-13-5-3-6-14(8-13)24-10-16(21)20-19-9-12-4-1-2-7-15(12)25-11-17(22)23/h1-9H,10-11H2,(H,20,21)(H,22,23)/b19-9-. The SMILES string of the molecule is O=C(O)COc1ccccc1/C=N\NC(=O)COc1cccc(Br)c1. The van der Waals surface area contributed by atoms with Gasteiger partial charge in [-0.15, -0.1) is 0 Å². The minimum atomic E-state index is -1.08. The van der Waals surface area contributed by atoms with Crippen LogP contribution in [0.15, 0.2) is 58.1 Å². The van der Waals surface area contributed by atoms with E-state index < -0.39 is 18.5 Å². The van der Waals surface area contributed by atoms with Gasteiger partial charge < -0.3 is 14.6 Å². The Morgan fingerprint density at radius 2 is 1.92 bits per heavy atom. The number of amides is 1. The second kappa shape index (κ2) is 9.43. The fourth-order valence-electron chi connectivity index (χ4n) is 1.77. The van der Waals surface area contributed by atoms with Gasteiger partial charge in [-0.1, -0.05) is 34.1 Å². The first-order valence-corrected chi connectivity index (χ1v) is 7.98. The first-order chi connectivity index (χ1) is 12.0. The lowest BCUT2D eigenvalue weighted by molar-refractivity contribution is -0.139. The molecule has 2 aromatic carbocycles. The van der Waals surface area contributed by atoms with Crippen molar-refractivity contribution in [1.82, 2.24) is 5.43 Å². The molecule has 25 heavy (non-hydrogen) atoms. The minimum Gasteiger partial charge on any atom is -0.484 e. The number of rotatable bonds is 8. The van der Waals surface area contributed by atoms with E-state index in [-0.39, 0.29) is 6.61 Å². The van der Waals surface area contributed by atoms with Crippen LogP contribution in [0.3, 0.4) is 0 Å². The Balaban J connectivity index is 1.86. The smallest absolute Gasteiger partial charge is 0.341 e. The molecule has 0 atom stereocenters. The molecule has 0 aliphatic heterocycles. The average Bonchev–Trinajstić information content (AvgIpc) is 2.59. The van der Waals surface area contributed by atoms with Gasteiger partial charge in [-0.25, -0.2) is 10.2 Å². The summed E-state index contributed by atoms with van der Waals surface area (Å²) in [5.41, 5.74) is 2.87. The van der Waals surface area contributed by atoms with Gasteiger partial charge in [-0.2, -0.15) is 5.10 Å². The van der Waals surface area contributed by atoms with Crippen LogP contribution >= 0.6 is 15.9 Å². The van der Waals surface area contributed by atoms with Crippen molar-refractivity contribution in [2.45, 2.75) is 0 Å². The molecule has 0 radical (unpaired) electrons. The molecule has 8 heteroatoms. The normalized spacial score (nSPS) is 10.4. The molecule has 2 N–H and O–H groups in total. The monoisotopic (exact) mass is 406 g/mol. The van der Waals surface area contributed by atoms with E-state index in [9.17, 15) is 9.59 Å². The molecule has 0 unspecified atom stereocenters. The lowest BCUT2D eigenvalue weighted by Gasteiger charge is -2.07. The number of nitrogens with one attached hydrogen (secondary N) is 1. The first-order valence-electron chi connectivity index (χ1n) is 7.18. The second-order valence-corrected chi connectivity index (χ2v) is 5.68. The molecule has 1 amide bonds. The van der Waals surface area contributed by atoms with Crippen molar-refractivity contribution in [3.8, 4) is 11.5 Å². The molecule has 0 saturated carbocycles. The van der Waals surface area contributed by atoms with E-state index in [0.29, 0.717) is 17.1 Å². The number of carbonyl (C=O) groups excluding carboxylic acids is 1. The minimum absolute atomic E-state index is 0.190. The predicted molar refractivity (Wildman–Crippen MR) is 94.9 cm³/mol. The molecule has 0 aromatic heterocycles. The summed E-state index contributed by atoms with van der Waals surface area (Å²) >= 11 is 3.31. The van der Waals surface area contributed by atoms with Gasteiger partial charge in [0, 0.05) is 10.0 Å². The number of carboxylic acids is 1. The Bertz CT molecular complexity index is 779. The Labute approximate surface area is 152 Å². The molecule has 0 saturated heterocycles. The Kier molecular flexibility index (Phi) is 6.97. The van der Waals surface area contributed by atoms with Crippen LogP contribution in [-0.2, 0) is 9.59 Å². The molecule has 0 aliphatic carbocycles. The van der Waals surface area contributed by atoms with Crippen molar-refractivity contribution in [1.29, 1.82) is 0 Å². The number of carbonyl (C=O) groups is 2. The van der Waals surface area contributed by atoms with Crippen LogP contribution in [0.2, 0.25) is 0 Å². The van der Waals surface area contributed by atoms with Gasteiger partial charge in [-0.05, 0) is 30.3 Å². The maximum atomic E-state index is 11.7. The van der Waals surface area contributed by atoms with Crippen LogP contribution in [0.5, 0.6) is 11.5 Å². The molecule has 130 valence electrons. The molecule has 2 rings (SSSR count). The maximum Gasteiger partial charge on any atom is 0.341 e. The van der Waals surface area contributed by atoms with Crippen molar-refractivity contribution in [3.63, 3.8) is 0 Å². The van der Waals surface area contributed by atoms with Crippen LogP contribution in [0.1, 0.15) is 5.56 Å². The van der Waals surface area contributed by atoms with Gasteiger partial charge in [0.05, 0.1) is 6.21 Å². The van der Waals surface area contributed by atoms with Gasteiger partial charge in [-0.3, -0.25) is 4.79 Å². The van der Waals surface area contributed by atoms with E-state index in [2.05, 4.69) is 26.5 Å². The van der Waals surface area contributed by atoms with E-state index in [1.807, 2.05) is 6.07 Å². The summed E-state index contributed by atoms with van der Waals surface area (Å²) in [7, 11) is 0. The average molecular weight is 407 g/mol. The lowest BCUT2D eigenvalue weighted by atomic mass is 10.2. The molecule has 0 fully saturated rings. The van der Waals surface area contributed by atoms with Crippen LogP contribution in [0.4, 0.5) is 0 Å². The quantitative estimate of drug-likeness (QED) is 0.518. The fraction of sp³-hybridized carbons (Fsp3) is 0.118. The molecular weight excluding hydrogens is 392 g/mol. The van der Waals surface area contributed by atoms with Gasteiger partial charge >= 0.3 is 5.97 Å². The highest BCUT2D eigenvalue weighted by Gasteiger charge is 2.05. The highest BCUT2D eigenvalue weighted by Crippen LogP contribution is 2.17. The number of hydrazone groups is 1. The fourth-order valence-corrected chi connectivity index (χ4v) is 2.15. The number of hydrogen-bond acceptors (Lipinski definition) is 5. The van der Waals surface area contributed by atoms with Crippen molar-refractivity contribution in [3.05, 3.63) is 58.6 Å². The molecule has 2 aromatic rings. The summed E-state index contributed by atoms with van der Waals surface area (Å²) in [6, 6.07) is 13.9. The molecule has 0 heterocycles. The summed E-state index contributed by atoms with van der Waals surface area (Å²) in [6.45, 7) is -0.650. The summed E-state index contributed by atoms with van der Waals surface area (Å²) < 4.78 is 11.3. The number of ether oxygens (including phenoxy) is 2. The van der Waals surface area contributed by atoms with E-state index in [4.69, 9.17) is 14.6 Å². The number of carboxylic acid groups (broad SMARTS) is 1.